The highest BCUT2D eigenvalue weighted by Gasteiger charge is 2.31. The Bertz CT molecular complexity index is 1200. The largest absolute Gasteiger partial charge is 0.478 e. The number of rotatable bonds is 7. The molecule has 1 aliphatic heterocycles. The summed E-state index contributed by atoms with van der Waals surface area (Å²) in [7, 11) is 0. The molecular formula is C29H32N2O2. The fraction of sp³-hybridized carbons (Fsp3) is 0.414. The molecule has 0 radical (unpaired) electrons. The lowest BCUT2D eigenvalue weighted by Gasteiger charge is -2.40. The van der Waals surface area contributed by atoms with Gasteiger partial charge in [-0.25, -0.2) is 4.79 Å². The Morgan fingerprint density at radius 1 is 1.18 bits per heavy atom. The molecule has 1 saturated carbocycles. The van der Waals surface area contributed by atoms with Gasteiger partial charge in [0.05, 0.1) is 5.56 Å². The van der Waals surface area contributed by atoms with Crippen LogP contribution in [0.1, 0.15) is 70.8 Å². The molecule has 5 rings (SSSR count). The maximum atomic E-state index is 11.4. The topological polar surface area (TPSA) is 56.3 Å². The van der Waals surface area contributed by atoms with Crippen molar-refractivity contribution in [3.05, 3.63) is 70.4 Å². The molecular weight excluding hydrogens is 408 g/mol. The number of aromatic amines is 1. The van der Waals surface area contributed by atoms with Crippen LogP contribution in [0.3, 0.4) is 0 Å². The van der Waals surface area contributed by atoms with Gasteiger partial charge in [-0.2, -0.15) is 0 Å². The van der Waals surface area contributed by atoms with Gasteiger partial charge in [0.15, 0.2) is 0 Å². The number of likely N-dealkylation sites (tertiary alicyclic amines) is 1. The molecule has 2 heterocycles. The summed E-state index contributed by atoms with van der Waals surface area (Å²) in [4.78, 5) is 17.4. The van der Waals surface area contributed by atoms with E-state index in [-0.39, 0.29) is 6.04 Å². The number of carboxylic acid groups (broad SMARTS) is 1. The Labute approximate surface area is 196 Å². The van der Waals surface area contributed by atoms with Crippen LogP contribution in [0.25, 0.3) is 10.9 Å². The maximum absolute atomic E-state index is 11.4. The minimum Gasteiger partial charge on any atom is -0.478 e. The Morgan fingerprint density at radius 3 is 2.67 bits per heavy atom. The van der Waals surface area contributed by atoms with Crippen LogP contribution in [-0.2, 0) is 13.0 Å². The summed E-state index contributed by atoms with van der Waals surface area (Å²) in [6.07, 6.45) is 14.5. The first-order valence-electron chi connectivity index (χ1n) is 12.1. The van der Waals surface area contributed by atoms with E-state index in [0.717, 1.165) is 38.3 Å². The molecule has 0 spiro atoms. The molecule has 2 unspecified atom stereocenters. The number of aromatic carboxylic acids is 1. The van der Waals surface area contributed by atoms with Crippen LogP contribution in [0.15, 0.2) is 42.6 Å². The third-order valence-electron chi connectivity index (χ3n) is 7.58. The molecule has 1 aliphatic carbocycles. The summed E-state index contributed by atoms with van der Waals surface area (Å²) in [5.74, 6) is 3.32. The average Bonchev–Trinajstić information content (AvgIpc) is 3.48. The van der Waals surface area contributed by atoms with Crippen molar-refractivity contribution in [2.75, 3.05) is 6.54 Å². The standard InChI is InChI=1S/C29H32N2O2/c1-3-4-20-12-14-31(27(17-20)22-7-9-23(10-8-22)29(32)33)18-26-24(16-21-5-6-21)15-19(2)28-25(26)11-13-30-28/h1,7-11,13,15,20-21,27,30H,4-6,12,14,16-18H2,2H3,(H,32,33). The highest BCUT2D eigenvalue weighted by atomic mass is 16.4. The number of piperidine rings is 1. The number of aryl methyl sites for hydroxylation is 1. The lowest BCUT2D eigenvalue weighted by Crippen LogP contribution is -2.36. The van der Waals surface area contributed by atoms with Gasteiger partial charge in [-0.3, -0.25) is 4.90 Å². The van der Waals surface area contributed by atoms with Crippen LogP contribution in [0.2, 0.25) is 0 Å². The van der Waals surface area contributed by atoms with Gasteiger partial charge in [0.1, 0.15) is 0 Å². The molecule has 4 nitrogen and oxygen atoms in total. The number of hydrogen-bond donors (Lipinski definition) is 2. The lowest BCUT2D eigenvalue weighted by molar-refractivity contribution is 0.0696. The molecule has 1 saturated heterocycles. The molecule has 2 N–H and O–H groups in total. The van der Waals surface area contributed by atoms with E-state index < -0.39 is 5.97 Å². The summed E-state index contributed by atoms with van der Waals surface area (Å²) in [5, 5.41) is 10.7. The fourth-order valence-corrected chi connectivity index (χ4v) is 5.57. The average molecular weight is 441 g/mol. The van der Waals surface area contributed by atoms with Crippen LogP contribution < -0.4 is 0 Å². The first kappa shape index (κ1) is 21.8. The Morgan fingerprint density at radius 2 is 1.97 bits per heavy atom. The number of carbonyl (C=O) groups is 1. The third-order valence-corrected chi connectivity index (χ3v) is 7.58. The first-order valence-corrected chi connectivity index (χ1v) is 12.1. The second-order valence-corrected chi connectivity index (χ2v) is 9.96. The second-order valence-electron chi connectivity index (χ2n) is 9.96. The lowest BCUT2D eigenvalue weighted by atomic mass is 9.84. The van der Waals surface area contributed by atoms with Gasteiger partial charge in [0.2, 0.25) is 0 Å². The molecule has 0 bridgehead atoms. The van der Waals surface area contributed by atoms with Crippen molar-refractivity contribution >= 4 is 16.9 Å². The quantitative estimate of drug-likeness (QED) is 0.436. The number of H-pyrrole nitrogens is 1. The number of hydrogen-bond acceptors (Lipinski definition) is 2. The van der Waals surface area contributed by atoms with E-state index in [9.17, 15) is 9.90 Å². The van der Waals surface area contributed by atoms with Crippen LogP contribution in [-0.4, -0.2) is 27.5 Å². The minimum atomic E-state index is -0.883. The zero-order valence-corrected chi connectivity index (χ0v) is 19.3. The van der Waals surface area contributed by atoms with Crippen molar-refractivity contribution in [3.63, 3.8) is 0 Å². The van der Waals surface area contributed by atoms with Gasteiger partial charge in [0, 0.05) is 36.1 Å². The maximum Gasteiger partial charge on any atom is 0.335 e. The number of fused-ring (bicyclic) bond motifs is 1. The number of carboxylic acids is 1. The Balaban J connectivity index is 1.49. The van der Waals surface area contributed by atoms with Crippen LogP contribution in [0.4, 0.5) is 0 Å². The normalized spacial score (nSPS) is 21.2. The van der Waals surface area contributed by atoms with Crippen molar-refractivity contribution in [2.45, 2.75) is 58.0 Å². The molecule has 0 amide bonds. The molecule has 4 heteroatoms. The van der Waals surface area contributed by atoms with Crippen molar-refractivity contribution in [3.8, 4) is 12.3 Å². The summed E-state index contributed by atoms with van der Waals surface area (Å²) in [6, 6.07) is 12.3. The van der Waals surface area contributed by atoms with E-state index in [4.69, 9.17) is 6.42 Å². The summed E-state index contributed by atoms with van der Waals surface area (Å²) in [5.41, 5.74) is 7.03. The van der Waals surface area contributed by atoms with Gasteiger partial charge in [-0.15, -0.1) is 12.3 Å². The highest BCUT2D eigenvalue weighted by molar-refractivity contribution is 5.88. The number of benzene rings is 2. The molecule has 2 fully saturated rings. The van der Waals surface area contributed by atoms with E-state index >= 15 is 0 Å². The summed E-state index contributed by atoms with van der Waals surface area (Å²) < 4.78 is 0. The van der Waals surface area contributed by atoms with E-state index in [1.54, 1.807) is 12.1 Å². The Hall–Kier alpha value is -3.03. The van der Waals surface area contributed by atoms with Crippen molar-refractivity contribution in [2.24, 2.45) is 11.8 Å². The molecule has 3 aromatic rings. The van der Waals surface area contributed by atoms with E-state index in [0.29, 0.717) is 11.5 Å². The number of nitrogens with zero attached hydrogens (tertiary/aromatic N) is 1. The molecule has 33 heavy (non-hydrogen) atoms. The van der Waals surface area contributed by atoms with Crippen LogP contribution in [0.5, 0.6) is 0 Å². The van der Waals surface area contributed by atoms with Gasteiger partial charge in [-0.1, -0.05) is 18.2 Å². The van der Waals surface area contributed by atoms with Crippen molar-refractivity contribution in [1.29, 1.82) is 0 Å². The monoisotopic (exact) mass is 440 g/mol. The highest BCUT2D eigenvalue weighted by Crippen LogP contribution is 2.40. The van der Waals surface area contributed by atoms with Gasteiger partial charge in [-0.05, 0) is 97.9 Å². The van der Waals surface area contributed by atoms with E-state index in [1.807, 2.05) is 12.1 Å². The molecule has 2 atom stereocenters. The van der Waals surface area contributed by atoms with Gasteiger partial charge < -0.3 is 10.1 Å². The van der Waals surface area contributed by atoms with Crippen molar-refractivity contribution in [1.82, 2.24) is 9.88 Å². The molecule has 170 valence electrons. The predicted molar refractivity (Wildman–Crippen MR) is 132 cm³/mol. The third kappa shape index (κ3) is 4.56. The SMILES string of the molecule is C#CCC1CCN(Cc2c(CC3CC3)cc(C)c3[nH]ccc23)C(c2ccc(C(=O)O)cc2)C1. The van der Waals surface area contributed by atoms with Crippen LogP contribution in [0, 0.1) is 31.1 Å². The smallest absolute Gasteiger partial charge is 0.335 e. The summed E-state index contributed by atoms with van der Waals surface area (Å²) in [6.45, 7) is 4.11. The number of terminal acetylenes is 1. The zero-order valence-electron chi connectivity index (χ0n) is 19.3. The second kappa shape index (κ2) is 9.08. The van der Waals surface area contributed by atoms with Gasteiger partial charge >= 0.3 is 5.97 Å². The molecule has 2 aromatic carbocycles. The number of nitrogens with one attached hydrogen (secondary N) is 1. The van der Waals surface area contributed by atoms with Crippen LogP contribution >= 0.6 is 0 Å². The Kier molecular flexibility index (Phi) is 6.00. The summed E-state index contributed by atoms with van der Waals surface area (Å²) >= 11 is 0. The van der Waals surface area contributed by atoms with E-state index in [1.165, 1.54) is 52.4 Å². The van der Waals surface area contributed by atoms with Crippen molar-refractivity contribution < 1.29 is 9.90 Å². The zero-order chi connectivity index (χ0) is 22.9. The minimum absolute atomic E-state index is 0.240. The predicted octanol–water partition coefficient (Wildman–Crippen LogP) is 6.10. The molecule has 1 aromatic heterocycles. The van der Waals surface area contributed by atoms with Gasteiger partial charge in [0.25, 0.3) is 0 Å². The van der Waals surface area contributed by atoms with E-state index in [2.05, 4.69) is 41.1 Å². The number of aromatic nitrogens is 1. The first-order chi connectivity index (χ1) is 16.0. The molecule has 2 aliphatic rings. The fourth-order valence-electron chi connectivity index (χ4n) is 5.57.